The number of allylic oxidation sites excluding steroid dienone is 1. The standard InChI is InChI=1S/C40H44IN5O3/c1-21-15-25(16-24(39(42)49)8-7-22(2)48)23(3)28-5-4-6-29(30(21)28)43-17-26-18-45(44-38(26)41-11-12-41)27-9-13-46(20-47,14-10-27)19-40-35-32-31-33(35)37(40)34(31)36(32)40/h4-6,15,18,20,24,27,31-33,35-36,43H,1,3,7-14,16-17,19H2,2H3,(H-,42,49)/p+1. The number of carbonyl (C=O) groups is 3. The average Bonchev–Trinajstić information content (AvgIpc) is 3.86. The summed E-state index contributed by atoms with van der Waals surface area (Å²) >= 11 is -1.16. The molecule has 0 bridgehead atoms. The number of primary amides is 1. The van der Waals surface area contributed by atoms with Gasteiger partial charge in [-0.15, -0.1) is 0 Å². The van der Waals surface area contributed by atoms with Crippen LogP contribution in [0.3, 0.4) is 0 Å². The second-order valence-corrected chi connectivity index (χ2v) is 22.0. The molecule has 7 atom stereocenters. The van der Waals surface area contributed by atoms with Crippen molar-refractivity contribution in [2.45, 2.75) is 51.6 Å². The summed E-state index contributed by atoms with van der Waals surface area (Å²) in [4.78, 5) is 36.4. The van der Waals surface area contributed by atoms with E-state index in [1.807, 2.05) is 23.3 Å². The van der Waals surface area contributed by atoms with Gasteiger partial charge in [0.1, 0.15) is 5.78 Å². The van der Waals surface area contributed by atoms with E-state index >= 15 is 0 Å². The van der Waals surface area contributed by atoms with Gasteiger partial charge in [0.2, 0.25) is 0 Å². The number of hydrogen-bond acceptors (Lipinski definition) is 5. The van der Waals surface area contributed by atoms with E-state index in [4.69, 9.17) is 10.8 Å². The Kier molecular flexibility index (Phi) is 6.46. The molecule has 7 unspecified atom stereocenters. The molecule has 0 spiro atoms. The molecule has 3 aromatic rings. The molecule has 254 valence electrons. The molecule has 49 heavy (non-hydrogen) atoms. The number of anilines is 1. The summed E-state index contributed by atoms with van der Waals surface area (Å²) in [6.07, 6.45) is 6.86. The first-order valence-corrected chi connectivity index (χ1v) is 22.3. The van der Waals surface area contributed by atoms with Crippen LogP contribution in [0.15, 0.2) is 41.6 Å². The number of aromatic nitrogens is 2. The van der Waals surface area contributed by atoms with Gasteiger partial charge in [0.05, 0.1) is 0 Å². The van der Waals surface area contributed by atoms with Gasteiger partial charge in [0, 0.05) is 6.42 Å². The number of nitrogens with zero attached hydrogens (tertiary/aromatic N) is 3. The van der Waals surface area contributed by atoms with Gasteiger partial charge in [-0.2, -0.15) is 0 Å². The van der Waals surface area contributed by atoms with Crippen LogP contribution < -0.4 is 21.5 Å². The molecule has 6 fully saturated rings. The van der Waals surface area contributed by atoms with Crippen molar-refractivity contribution in [3.8, 4) is 0 Å². The number of Topliss-reactive ketones (excluding diaryl/α,β-unsaturated/α-hetero) is 1. The van der Waals surface area contributed by atoms with E-state index < -0.39 is 25.7 Å². The molecule has 11 rings (SSSR count). The van der Waals surface area contributed by atoms with E-state index in [0.717, 1.165) is 94.5 Å². The maximum atomic E-state index is 12.6. The zero-order chi connectivity index (χ0) is 33.6. The van der Waals surface area contributed by atoms with Crippen molar-refractivity contribution >= 4 is 67.5 Å². The van der Waals surface area contributed by atoms with Crippen LogP contribution in [-0.2, 0) is 27.3 Å². The molecule has 2 amide bonds. The first-order valence-electron chi connectivity index (χ1n) is 18.2. The molecule has 8 aliphatic rings. The first-order chi connectivity index (χ1) is 23.7. The summed E-state index contributed by atoms with van der Waals surface area (Å²) in [7, 11) is 0. The van der Waals surface area contributed by atoms with Crippen molar-refractivity contribution in [2.24, 2.45) is 46.7 Å². The Hall–Kier alpha value is -3.31. The third-order valence-corrected chi connectivity index (χ3v) is 18.5. The first kappa shape index (κ1) is 30.5. The second-order valence-electron chi connectivity index (χ2n) is 16.3. The molecule has 1 aromatic heterocycles. The van der Waals surface area contributed by atoms with Crippen LogP contribution >= 0.6 is 19.8 Å². The van der Waals surface area contributed by atoms with Crippen LogP contribution in [0.2, 0.25) is 0 Å². The number of benzene rings is 2. The fourth-order valence-corrected chi connectivity index (χ4v) is 16.1. The van der Waals surface area contributed by atoms with Gasteiger partial charge < -0.3 is 10.5 Å². The minimum atomic E-state index is -1.16. The Morgan fingerprint density at radius 2 is 2.00 bits per heavy atom. The van der Waals surface area contributed by atoms with E-state index in [-0.39, 0.29) is 11.7 Å². The molecule has 0 radical (unpaired) electrons. The van der Waals surface area contributed by atoms with Crippen LogP contribution in [-0.4, -0.2) is 60.9 Å². The molecule has 6 aliphatic carbocycles. The number of nitrogens with one attached hydrogen (secondary N) is 1. The molecule has 3 N–H and O–H groups in total. The van der Waals surface area contributed by atoms with Crippen molar-refractivity contribution in [3.63, 3.8) is 0 Å². The predicted octanol–water partition coefficient (Wildman–Crippen LogP) is 3.91. The molecule has 3 heterocycles. The summed E-state index contributed by atoms with van der Waals surface area (Å²) in [6.45, 7) is 14.0. The molecule has 9 heteroatoms. The maximum absolute atomic E-state index is 12.6. The number of nitrogens with two attached hydrogens (primary N) is 1. The number of likely N-dealkylation sites (tertiary alicyclic amines) is 1. The van der Waals surface area contributed by atoms with Gasteiger partial charge in [-0.1, -0.05) is 0 Å². The van der Waals surface area contributed by atoms with Crippen molar-refractivity contribution in [2.75, 3.05) is 33.8 Å². The number of fused-ring (bicyclic) bond motifs is 1. The summed E-state index contributed by atoms with van der Waals surface area (Å²) in [5.41, 5.74) is 13.1. The number of alkyl halides is 2. The van der Waals surface area contributed by atoms with Gasteiger partial charge in [-0.05, 0) is 6.92 Å². The molecule has 2 aliphatic heterocycles. The van der Waals surface area contributed by atoms with Gasteiger partial charge in [0.15, 0.2) is 0 Å². The van der Waals surface area contributed by atoms with Crippen LogP contribution in [0.5, 0.6) is 0 Å². The van der Waals surface area contributed by atoms with Crippen LogP contribution in [0, 0.1) is 44.6 Å². The second kappa shape index (κ2) is 10.4. The van der Waals surface area contributed by atoms with Crippen LogP contribution in [0.4, 0.5) is 5.69 Å². The van der Waals surface area contributed by atoms with Crippen molar-refractivity contribution in [1.29, 1.82) is 0 Å². The van der Waals surface area contributed by atoms with E-state index in [1.54, 1.807) is 6.92 Å². The monoisotopic (exact) mass is 770 g/mol. The number of carbonyl (C=O) groups excluding carboxylic acids is 3. The average molecular weight is 771 g/mol. The fourth-order valence-electron chi connectivity index (χ4n) is 11.6. The molecule has 4 saturated carbocycles. The van der Waals surface area contributed by atoms with Gasteiger partial charge in [-0.25, -0.2) is 0 Å². The summed E-state index contributed by atoms with van der Waals surface area (Å²) in [5, 5.41) is 12.8. The van der Waals surface area contributed by atoms with Gasteiger partial charge in [-0.3, -0.25) is 4.79 Å². The number of halogens is 1. The van der Waals surface area contributed by atoms with E-state index in [2.05, 4.69) is 41.5 Å². The van der Waals surface area contributed by atoms with E-state index in [0.29, 0.717) is 41.7 Å². The number of piperidine rings is 1. The predicted molar refractivity (Wildman–Crippen MR) is 199 cm³/mol. The SMILES string of the molecule is C=c1c(CC(CCC(C)=O)C(N)=O)cc(=C)c2c(NCc3cn(C4CC[N+](C=O)(CC56C7=C8C9C7C5C9C86)CC4)nc3I3CC3)cccc12. The van der Waals surface area contributed by atoms with Crippen molar-refractivity contribution in [1.82, 2.24) is 9.78 Å². The van der Waals surface area contributed by atoms with Crippen molar-refractivity contribution in [3.05, 3.63) is 66.9 Å². The normalized spacial score (nSPS) is 34.9. The third kappa shape index (κ3) is 4.00. The quantitative estimate of drug-likeness (QED) is 0.0851. The third-order valence-electron chi connectivity index (χ3n) is 14.0. The Labute approximate surface area is 293 Å². The summed E-state index contributed by atoms with van der Waals surface area (Å²) in [6, 6.07) is 8.61. The zero-order valence-electron chi connectivity index (χ0n) is 28.2. The number of amides is 2. The zero-order valence-corrected chi connectivity index (χ0v) is 30.4. The van der Waals surface area contributed by atoms with Crippen LogP contribution in [0.25, 0.3) is 23.9 Å². The van der Waals surface area contributed by atoms with Crippen LogP contribution in [0.1, 0.15) is 49.8 Å². The van der Waals surface area contributed by atoms with Crippen molar-refractivity contribution < 1.29 is 18.9 Å². The van der Waals surface area contributed by atoms with Gasteiger partial charge in [0.25, 0.3) is 0 Å². The topological polar surface area (TPSA) is 107 Å². The Balaban J connectivity index is 0.850. The number of quaternary nitrogens is 1. The molecule has 8 nitrogen and oxygen atoms in total. The number of rotatable bonds is 14. The number of hydrogen-bond donors (Lipinski definition) is 2. The van der Waals surface area contributed by atoms with E-state index in [1.165, 1.54) is 24.5 Å². The minimum absolute atomic E-state index is 0.0567. The van der Waals surface area contributed by atoms with Gasteiger partial charge >= 0.3 is 261 Å². The molecular weight excluding hydrogens is 725 g/mol. The molecule has 2 aromatic carbocycles. The summed E-state index contributed by atoms with van der Waals surface area (Å²) < 4.78 is 7.00. The molecule has 2 saturated heterocycles. The molecular formula is C40H45IN5O3+. The fraction of sp³-hybridized carbons (Fsp3) is 0.500. The van der Waals surface area contributed by atoms with E-state index in [9.17, 15) is 14.4 Å². The Morgan fingerprint density at radius 3 is 2.63 bits per heavy atom. The Morgan fingerprint density at radius 1 is 1.20 bits per heavy atom. The number of ketones is 1. The Bertz CT molecular complexity index is 2140. The summed E-state index contributed by atoms with van der Waals surface area (Å²) in [5.74, 6) is 4.04.